The predicted molar refractivity (Wildman–Crippen MR) is 57.5 cm³/mol. The summed E-state index contributed by atoms with van der Waals surface area (Å²) in [5, 5.41) is 0. The maximum Gasteiger partial charge on any atom is 0.248 e. The van der Waals surface area contributed by atoms with Crippen LogP contribution in [0.5, 0.6) is 5.75 Å². The Kier molecular flexibility index (Phi) is 4.11. The van der Waals surface area contributed by atoms with E-state index in [1.54, 1.807) is 12.1 Å². The molecule has 0 bridgehead atoms. The van der Waals surface area contributed by atoms with Crippen LogP contribution in [0.15, 0.2) is 18.2 Å². The van der Waals surface area contributed by atoms with Gasteiger partial charge in [-0.05, 0) is 23.6 Å². The van der Waals surface area contributed by atoms with E-state index in [1.165, 1.54) is 6.07 Å². The van der Waals surface area contributed by atoms with Crippen LogP contribution in [-0.2, 0) is 0 Å². The van der Waals surface area contributed by atoms with Crippen LogP contribution in [0, 0.1) is 12.4 Å². The minimum absolute atomic E-state index is 0.238. The molecule has 0 N–H and O–H groups in total. The first-order chi connectivity index (χ1) is 7.15. The lowest BCUT2D eigenvalue weighted by Gasteiger charge is -2.09. The van der Waals surface area contributed by atoms with E-state index in [0.717, 1.165) is 5.56 Å². The fourth-order valence-electron chi connectivity index (χ4n) is 1.19. The van der Waals surface area contributed by atoms with Crippen molar-refractivity contribution in [2.45, 2.75) is 19.8 Å². The highest BCUT2D eigenvalue weighted by Gasteiger charge is 2.07. The molecule has 0 amide bonds. The largest absolute Gasteiger partial charge is 0.483 e. The first-order valence-corrected chi connectivity index (χ1v) is 4.90. The molecule has 0 aliphatic heterocycles. The van der Waals surface area contributed by atoms with Gasteiger partial charge in [-0.3, -0.25) is 0 Å². The fourth-order valence-corrected chi connectivity index (χ4v) is 1.19. The number of halogens is 1. The Bertz CT molecular complexity index is 368. The molecule has 15 heavy (non-hydrogen) atoms. The molecule has 1 rings (SSSR count). The quantitative estimate of drug-likeness (QED) is 0.546. The third-order valence-electron chi connectivity index (χ3n) is 2.08. The second kappa shape index (κ2) is 5.35. The van der Waals surface area contributed by atoms with Crippen molar-refractivity contribution in [3.05, 3.63) is 41.0 Å². The Morgan fingerprint density at radius 3 is 2.80 bits per heavy atom. The van der Waals surface area contributed by atoms with Crippen molar-refractivity contribution in [3.8, 4) is 5.75 Å². The van der Waals surface area contributed by atoms with Crippen molar-refractivity contribution >= 4 is 0 Å². The summed E-state index contributed by atoms with van der Waals surface area (Å²) in [4.78, 5) is 3.14. The maximum absolute atomic E-state index is 13.3. The lowest BCUT2D eigenvalue weighted by Crippen LogP contribution is -2.02. The van der Waals surface area contributed by atoms with Gasteiger partial charge in [0.05, 0.1) is 0 Å². The van der Waals surface area contributed by atoms with Crippen LogP contribution in [0.3, 0.4) is 0 Å². The molecule has 0 saturated carbocycles. The molecule has 0 atom stereocenters. The van der Waals surface area contributed by atoms with Crippen molar-refractivity contribution < 1.29 is 9.13 Å². The summed E-state index contributed by atoms with van der Waals surface area (Å²) in [5.41, 5.74) is 1.04. The minimum Gasteiger partial charge on any atom is -0.483 e. The SMILES string of the molecule is [C-]#[N+]CCOc1cc(C(C)C)ccc1F. The van der Waals surface area contributed by atoms with Gasteiger partial charge in [-0.2, -0.15) is 0 Å². The van der Waals surface area contributed by atoms with E-state index in [0.29, 0.717) is 5.92 Å². The number of nitrogens with zero attached hydrogens (tertiary/aromatic N) is 1. The number of hydrogen-bond acceptors (Lipinski definition) is 1. The van der Waals surface area contributed by atoms with E-state index < -0.39 is 0 Å². The second-order valence-corrected chi connectivity index (χ2v) is 3.57. The predicted octanol–water partition coefficient (Wildman–Crippen LogP) is 3.25. The van der Waals surface area contributed by atoms with Gasteiger partial charge >= 0.3 is 0 Å². The molecule has 1 aromatic rings. The van der Waals surface area contributed by atoms with Crippen molar-refractivity contribution in [3.63, 3.8) is 0 Å². The van der Waals surface area contributed by atoms with Crippen LogP contribution >= 0.6 is 0 Å². The molecule has 0 aromatic heterocycles. The standard InChI is InChI=1S/C12H14FNO/c1-9(2)10-4-5-11(13)12(8-10)15-7-6-14-3/h4-5,8-9H,6-7H2,1-2H3. The van der Waals surface area contributed by atoms with Crippen LogP contribution in [-0.4, -0.2) is 13.2 Å². The van der Waals surface area contributed by atoms with E-state index in [1.807, 2.05) is 13.8 Å². The smallest absolute Gasteiger partial charge is 0.248 e. The molecule has 0 radical (unpaired) electrons. The Morgan fingerprint density at radius 1 is 1.47 bits per heavy atom. The summed E-state index contributed by atoms with van der Waals surface area (Å²) in [6.45, 7) is 11.2. The summed E-state index contributed by atoms with van der Waals surface area (Å²) in [5.74, 6) is 0.211. The molecule has 0 saturated heterocycles. The van der Waals surface area contributed by atoms with E-state index in [2.05, 4.69) is 4.85 Å². The van der Waals surface area contributed by atoms with Crippen LogP contribution < -0.4 is 4.74 Å². The van der Waals surface area contributed by atoms with E-state index in [4.69, 9.17) is 11.3 Å². The summed E-state index contributed by atoms with van der Waals surface area (Å²) in [7, 11) is 0. The van der Waals surface area contributed by atoms with Crippen molar-refractivity contribution in [2.24, 2.45) is 0 Å². The zero-order chi connectivity index (χ0) is 11.3. The van der Waals surface area contributed by atoms with Crippen LogP contribution in [0.2, 0.25) is 0 Å². The fraction of sp³-hybridized carbons (Fsp3) is 0.417. The molecule has 1 aromatic carbocycles. The van der Waals surface area contributed by atoms with Crippen molar-refractivity contribution in [1.29, 1.82) is 0 Å². The van der Waals surface area contributed by atoms with Gasteiger partial charge in [-0.15, -0.1) is 0 Å². The van der Waals surface area contributed by atoms with Crippen LogP contribution in [0.1, 0.15) is 25.3 Å². The molecule has 0 fully saturated rings. The molecule has 80 valence electrons. The molecule has 3 heteroatoms. The molecule has 0 aliphatic carbocycles. The third-order valence-corrected chi connectivity index (χ3v) is 2.08. The summed E-state index contributed by atoms with van der Waals surface area (Å²) >= 11 is 0. The number of ether oxygens (including phenoxy) is 1. The van der Waals surface area contributed by atoms with Crippen LogP contribution in [0.4, 0.5) is 4.39 Å². The Labute approximate surface area is 89.5 Å². The average Bonchev–Trinajstić information content (AvgIpc) is 2.20. The first kappa shape index (κ1) is 11.5. The molecule has 0 aliphatic rings. The Morgan fingerprint density at radius 2 is 2.20 bits per heavy atom. The minimum atomic E-state index is -0.371. The van der Waals surface area contributed by atoms with Gasteiger partial charge in [-0.25, -0.2) is 11.0 Å². The summed E-state index contributed by atoms with van der Waals surface area (Å²) in [6.07, 6.45) is 0. The normalized spacial score (nSPS) is 10.1. The van der Waals surface area contributed by atoms with Gasteiger partial charge in [0.15, 0.2) is 18.2 Å². The summed E-state index contributed by atoms with van der Waals surface area (Å²) < 4.78 is 18.4. The molecular formula is C12H14FNO. The lowest BCUT2D eigenvalue weighted by atomic mass is 10.0. The van der Waals surface area contributed by atoms with Gasteiger partial charge in [0.1, 0.15) is 0 Å². The molecule has 0 unspecified atom stereocenters. The Hall–Kier alpha value is -1.56. The Balaban J connectivity index is 2.77. The number of rotatable bonds is 4. The topological polar surface area (TPSA) is 13.6 Å². The third kappa shape index (κ3) is 3.25. The van der Waals surface area contributed by atoms with E-state index in [9.17, 15) is 4.39 Å². The second-order valence-electron chi connectivity index (χ2n) is 3.57. The van der Waals surface area contributed by atoms with Gasteiger partial charge < -0.3 is 9.58 Å². The van der Waals surface area contributed by atoms with Gasteiger partial charge in [0.25, 0.3) is 0 Å². The highest BCUT2D eigenvalue weighted by Crippen LogP contribution is 2.23. The first-order valence-electron chi connectivity index (χ1n) is 4.90. The monoisotopic (exact) mass is 207 g/mol. The zero-order valence-electron chi connectivity index (χ0n) is 8.96. The van der Waals surface area contributed by atoms with Gasteiger partial charge in [-0.1, -0.05) is 19.9 Å². The van der Waals surface area contributed by atoms with Crippen molar-refractivity contribution in [2.75, 3.05) is 13.2 Å². The zero-order valence-corrected chi connectivity index (χ0v) is 8.96. The summed E-state index contributed by atoms with van der Waals surface area (Å²) in [6, 6.07) is 4.86. The van der Waals surface area contributed by atoms with Crippen molar-refractivity contribution in [1.82, 2.24) is 0 Å². The highest BCUT2D eigenvalue weighted by atomic mass is 19.1. The lowest BCUT2D eigenvalue weighted by molar-refractivity contribution is 0.317. The van der Waals surface area contributed by atoms with Gasteiger partial charge in [0, 0.05) is 0 Å². The molecular weight excluding hydrogens is 193 g/mol. The number of hydrogen-bond donors (Lipinski definition) is 0. The van der Waals surface area contributed by atoms with E-state index in [-0.39, 0.29) is 24.7 Å². The number of benzene rings is 1. The molecule has 0 heterocycles. The molecule has 0 spiro atoms. The maximum atomic E-state index is 13.3. The average molecular weight is 207 g/mol. The van der Waals surface area contributed by atoms with Gasteiger partial charge in [0.2, 0.25) is 6.54 Å². The van der Waals surface area contributed by atoms with E-state index >= 15 is 0 Å². The highest BCUT2D eigenvalue weighted by molar-refractivity contribution is 5.31. The van der Waals surface area contributed by atoms with Crippen LogP contribution in [0.25, 0.3) is 4.85 Å². The molecule has 2 nitrogen and oxygen atoms in total.